The van der Waals surface area contributed by atoms with Gasteiger partial charge in [0, 0.05) is 29.8 Å². The standard InChI is InChI=1S/C22H28N4O4S2/c1-13-18(21(29)24-12-11-17(27)30-2)32-22(26(13)16-5-3-4-6-16)25-20(28)15-9-7-14(8-10-15)19(23)31/h7-10,13,16,18H,3-6,11-12H2,1-2H3,(H2,23,31)(H,24,29). The van der Waals surface area contributed by atoms with E-state index in [0.717, 1.165) is 25.7 Å². The Kier molecular flexibility index (Phi) is 8.25. The highest BCUT2D eigenvalue weighted by molar-refractivity contribution is 8.15. The summed E-state index contributed by atoms with van der Waals surface area (Å²) in [5.41, 5.74) is 6.74. The van der Waals surface area contributed by atoms with Crippen molar-refractivity contribution < 1.29 is 19.1 Å². The Labute approximate surface area is 197 Å². The maximum Gasteiger partial charge on any atom is 0.307 e. The Morgan fingerprint density at radius 2 is 1.84 bits per heavy atom. The summed E-state index contributed by atoms with van der Waals surface area (Å²) >= 11 is 6.26. The van der Waals surface area contributed by atoms with Gasteiger partial charge in [-0.05, 0) is 31.9 Å². The predicted octanol–water partition coefficient (Wildman–Crippen LogP) is 2.24. The zero-order chi connectivity index (χ0) is 23.3. The van der Waals surface area contributed by atoms with Crippen molar-refractivity contribution in [3.63, 3.8) is 0 Å². The summed E-state index contributed by atoms with van der Waals surface area (Å²) in [7, 11) is 1.32. The molecule has 0 spiro atoms. The number of nitrogens with two attached hydrogens (primary N) is 1. The summed E-state index contributed by atoms with van der Waals surface area (Å²) in [6.45, 7) is 2.19. The second-order valence-electron chi connectivity index (χ2n) is 7.88. The number of nitrogens with one attached hydrogen (secondary N) is 1. The van der Waals surface area contributed by atoms with Gasteiger partial charge in [0.2, 0.25) is 5.91 Å². The van der Waals surface area contributed by atoms with Gasteiger partial charge in [-0.3, -0.25) is 14.4 Å². The first-order valence-electron chi connectivity index (χ1n) is 10.6. The Hall–Kier alpha value is -2.46. The van der Waals surface area contributed by atoms with Crippen LogP contribution in [0.3, 0.4) is 0 Å². The van der Waals surface area contributed by atoms with E-state index < -0.39 is 5.25 Å². The largest absolute Gasteiger partial charge is 0.469 e. The van der Waals surface area contributed by atoms with Gasteiger partial charge in [-0.25, -0.2) is 0 Å². The normalized spacial score (nSPS) is 22.2. The van der Waals surface area contributed by atoms with Crippen molar-refractivity contribution in [2.24, 2.45) is 10.7 Å². The molecule has 2 atom stereocenters. The van der Waals surface area contributed by atoms with E-state index in [-0.39, 0.29) is 47.8 Å². The van der Waals surface area contributed by atoms with Gasteiger partial charge in [-0.2, -0.15) is 4.99 Å². The van der Waals surface area contributed by atoms with Crippen molar-refractivity contribution in [2.75, 3.05) is 13.7 Å². The second-order valence-corrected chi connectivity index (χ2v) is 9.43. The molecule has 3 rings (SSSR count). The van der Waals surface area contributed by atoms with Gasteiger partial charge >= 0.3 is 5.97 Å². The second kappa shape index (κ2) is 10.9. The van der Waals surface area contributed by atoms with Crippen LogP contribution in [0.5, 0.6) is 0 Å². The number of aliphatic imine (C=N–C) groups is 1. The number of ether oxygens (including phenoxy) is 1. The zero-order valence-corrected chi connectivity index (χ0v) is 19.8. The van der Waals surface area contributed by atoms with E-state index in [1.807, 2.05) is 6.92 Å². The molecular formula is C22H28N4O4S2. The van der Waals surface area contributed by atoms with E-state index in [1.165, 1.54) is 18.9 Å². The molecule has 10 heteroatoms. The van der Waals surface area contributed by atoms with Crippen molar-refractivity contribution in [1.82, 2.24) is 10.2 Å². The quantitative estimate of drug-likeness (QED) is 0.455. The third kappa shape index (κ3) is 5.66. The molecule has 1 aromatic rings. The molecule has 1 aromatic carbocycles. The van der Waals surface area contributed by atoms with Crippen LogP contribution in [-0.4, -0.2) is 63.8 Å². The molecular weight excluding hydrogens is 448 g/mol. The average Bonchev–Trinajstić information content (AvgIpc) is 3.41. The van der Waals surface area contributed by atoms with Crippen LogP contribution in [0.1, 0.15) is 54.9 Å². The lowest BCUT2D eigenvalue weighted by Gasteiger charge is -2.31. The van der Waals surface area contributed by atoms with Crippen LogP contribution in [0.4, 0.5) is 0 Å². The zero-order valence-electron chi connectivity index (χ0n) is 18.2. The van der Waals surface area contributed by atoms with Crippen molar-refractivity contribution in [3.05, 3.63) is 35.4 Å². The van der Waals surface area contributed by atoms with E-state index in [0.29, 0.717) is 16.3 Å². The van der Waals surface area contributed by atoms with E-state index in [1.54, 1.807) is 24.3 Å². The van der Waals surface area contributed by atoms with Crippen LogP contribution >= 0.6 is 24.0 Å². The first-order valence-corrected chi connectivity index (χ1v) is 11.9. The number of thiocarbonyl (C=S) groups is 1. The Balaban J connectivity index is 1.77. The first-order chi connectivity index (χ1) is 15.3. The highest BCUT2D eigenvalue weighted by Crippen LogP contribution is 2.38. The lowest BCUT2D eigenvalue weighted by Crippen LogP contribution is -2.46. The topological polar surface area (TPSA) is 114 Å². The van der Waals surface area contributed by atoms with E-state index in [2.05, 4.69) is 19.9 Å². The molecule has 1 aliphatic heterocycles. The molecule has 2 fully saturated rings. The Bertz CT molecular complexity index is 913. The summed E-state index contributed by atoms with van der Waals surface area (Å²) in [6, 6.07) is 6.85. The fraction of sp³-hybridized carbons (Fsp3) is 0.500. The summed E-state index contributed by atoms with van der Waals surface area (Å²) in [4.78, 5) is 43.8. The van der Waals surface area contributed by atoms with E-state index >= 15 is 0 Å². The average molecular weight is 477 g/mol. The summed E-state index contributed by atoms with van der Waals surface area (Å²) in [5.74, 6) is -0.920. The number of esters is 1. The number of amides is 2. The molecule has 1 saturated carbocycles. The number of benzene rings is 1. The minimum Gasteiger partial charge on any atom is -0.469 e. The molecule has 1 aliphatic carbocycles. The third-order valence-electron chi connectivity index (χ3n) is 5.78. The van der Waals surface area contributed by atoms with Crippen LogP contribution in [0.25, 0.3) is 0 Å². The molecule has 2 aliphatic rings. The Morgan fingerprint density at radius 3 is 2.44 bits per heavy atom. The van der Waals surface area contributed by atoms with Gasteiger partial charge in [0.05, 0.1) is 13.5 Å². The Morgan fingerprint density at radius 1 is 1.22 bits per heavy atom. The first kappa shape index (κ1) is 24.2. The smallest absolute Gasteiger partial charge is 0.307 e. The number of hydrogen-bond donors (Lipinski definition) is 2. The van der Waals surface area contributed by atoms with Gasteiger partial charge in [0.25, 0.3) is 5.91 Å². The van der Waals surface area contributed by atoms with Gasteiger partial charge < -0.3 is 20.7 Å². The number of nitrogens with zero attached hydrogens (tertiary/aromatic N) is 2. The summed E-state index contributed by atoms with van der Waals surface area (Å²) < 4.78 is 4.61. The van der Waals surface area contributed by atoms with Gasteiger partial charge in [0.15, 0.2) is 5.17 Å². The summed E-state index contributed by atoms with van der Waals surface area (Å²) in [5, 5.41) is 2.95. The highest BCUT2D eigenvalue weighted by Gasteiger charge is 2.44. The number of hydrogen-bond acceptors (Lipinski definition) is 6. The van der Waals surface area contributed by atoms with Crippen LogP contribution in [0, 0.1) is 0 Å². The molecule has 172 valence electrons. The lowest BCUT2D eigenvalue weighted by molar-refractivity contribution is -0.140. The van der Waals surface area contributed by atoms with Crippen LogP contribution in [-0.2, 0) is 14.3 Å². The van der Waals surface area contributed by atoms with Gasteiger partial charge in [-0.15, -0.1) is 0 Å². The van der Waals surface area contributed by atoms with Crippen molar-refractivity contribution in [1.29, 1.82) is 0 Å². The summed E-state index contributed by atoms with van der Waals surface area (Å²) in [6.07, 6.45) is 4.38. The fourth-order valence-corrected chi connectivity index (χ4v) is 5.49. The van der Waals surface area contributed by atoms with Crippen LogP contribution < -0.4 is 11.1 Å². The van der Waals surface area contributed by atoms with Crippen LogP contribution in [0.15, 0.2) is 29.3 Å². The number of rotatable bonds is 7. The molecule has 32 heavy (non-hydrogen) atoms. The molecule has 0 bridgehead atoms. The molecule has 0 radical (unpaired) electrons. The minimum atomic E-state index is -0.420. The number of amidine groups is 1. The van der Waals surface area contributed by atoms with E-state index in [9.17, 15) is 14.4 Å². The molecule has 1 saturated heterocycles. The molecule has 0 aromatic heterocycles. The molecule has 1 heterocycles. The number of carbonyl (C=O) groups excluding carboxylic acids is 3. The van der Waals surface area contributed by atoms with Crippen LogP contribution in [0.2, 0.25) is 0 Å². The van der Waals surface area contributed by atoms with Crippen molar-refractivity contribution in [2.45, 2.75) is 56.4 Å². The lowest BCUT2D eigenvalue weighted by atomic mass is 10.1. The minimum absolute atomic E-state index is 0.113. The SMILES string of the molecule is COC(=O)CCNC(=O)C1SC(=NC(=O)c2ccc(C(N)=S)cc2)N(C2CCCC2)C1C. The molecule has 8 nitrogen and oxygen atoms in total. The van der Waals surface area contributed by atoms with Crippen molar-refractivity contribution >= 4 is 51.9 Å². The fourth-order valence-electron chi connectivity index (χ4n) is 4.04. The third-order valence-corrected chi connectivity index (χ3v) is 7.39. The maximum atomic E-state index is 12.9. The van der Waals surface area contributed by atoms with E-state index in [4.69, 9.17) is 18.0 Å². The maximum absolute atomic E-state index is 12.9. The van der Waals surface area contributed by atoms with Gasteiger partial charge in [-0.1, -0.05) is 49.0 Å². The predicted molar refractivity (Wildman–Crippen MR) is 129 cm³/mol. The molecule has 2 unspecified atom stereocenters. The van der Waals surface area contributed by atoms with Crippen molar-refractivity contribution in [3.8, 4) is 0 Å². The van der Waals surface area contributed by atoms with Gasteiger partial charge in [0.1, 0.15) is 10.2 Å². The number of carbonyl (C=O) groups is 3. The highest BCUT2D eigenvalue weighted by atomic mass is 32.2. The number of thioether (sulfide) groups is 1. The monoisotopic (exact) mass is 476 g/mol. The number of methoxy groups -OCH3 is 1. The molecule has 2 amide bonds. The molecule has 3 N–H and O–H groups in total.